The quantitative estimate of drug-likeness (QED) is 0.774. The zero-order chi connectivity index (χ0) is 10.3. The lowest BCUT2D eigenvalue weighted by atomic mass is 9.75. The predicted octanol–water partition coefficient (Wildman–Crippen LogP) is 2.81. The SMILES string of the molecule is Cl.O=C1c2ccsc2CCC12CCCCN2. The summed E-state index contributed by atoms with van der Waals surface area (Å²) in [6, 6.07) is 2.00. The molecule has 1 aliphatic heterocycles. The van der Waals surface area contributed by atoms with Gasteiger partial charge in [-0.25, -0.2) is 0 Å². The molecule has 2 nitrogen and oxygen atoms in total. The molecular formula is C12H16ClNOS. The van der Waals surface area contributed by atoms with Gasteiger partial charge in [0.1, 0.15) is 0 Å². The Balaban J connectivity index is 0.000000963. The zero-order valence-electron chi connectivity index (χ0n) is 9.12. The lowest BCUT2D eigenvalue weighted by Crippen LogP contribution is -2.56. The molecule has 1 atom stereocenters. The van der Waals surface area contributed by atoms with Crippen molar-refractivity contribution in [1.82, 2.24) is 5.32 Å². The smallest absolute Gasteiger partial charge is 0.183 e. The summed E-state index contributed by atoms with van der Waals surface area (Å²) < 4.78 is 0. The second-order valence-corrected chi connectivity index (χ2v) is 5.55. The van der Waals surface area contributed by atoms with Crippen LogP contribution in [0.4, 0.5) is 0 Å². The fourth-order valence-corrected chi connectivity index (χ4v) is 3.69. The number of aryl methyl sites for hydroxylation is 1. The van der Waals surface area contributed by atoms with E-state index in [9.17, 15) is 4.79 Å². The number of hydrogen-bond acceptors (Lipinski definition) is 3. The third-order valence-corrected chi connectivity index (χ3v) is 4.68. The van der Waals surface area contributed by atoms with E-state index in [1.807, 2.05) is 11.4 Å². The summed E-state index contributed by atoms with van der Waals surface area (Å²) >= 11 is 1.73. The topological polar surface area (TPSA) is 29.1 Å². The standard InChI is InChI=1S/C12H15NOS.ClH/c14-11-9-4-8-15-10(9)3-6-12(11)5-1-2-7-13-12;/h4,8,13H,1-3,5-7H2;1H. The number of rotatable bonds is 0. The van der Waals surface area contributed by atoms with Crippen molar-refractivity contribution in [3.63, 3.8) is 0 Å². The van der Waals surface area contributed by atoms with Crippen molar-refractivity contribution >= 4 is 29.5 Å². The summed E-state index contributed by atoms with van der Waals surface area (Å²) in [5, 5.41) is 5.52. The molecule has 88 valence electrons. The van der Waals surface area contributed by atoms with Crippen LogP contribution in [0.2, 0.25) is 0 Å². The molecule has 4 heteroatoms. The van der Waals surface area contributed by atoms with Crippen LogP contribution in [-0.4, -0.2) is 17.9 Å². The monoisotopic (exact) mass is 257 g/mol. The molecular weight excluding hydrogens is 242 g/mol. The second-order valence-electron chi connectivity index (χ2n) is 4.55. The number of thiophene rings is 1. The van der Waals surface area contributed by atoms with Gasteiger partial charge >= 0.3 is 0 Å². The van der Waals surface area contributed by atoms with Crippen LogP contribution in [0.25, 0.3) is 0 Å². The lowest BCUT2D eigenvalue weighted by molar-refractivity contribution is 0.0784. The van der Waals surface area contributed by atoms with Crippen LogP contribution < -0.4 is 5.32 Å². The summed E-state index contributed by atoms with van der Waals surface area (Å²) in [5.41, 5.74) is 0.785. The zero-order valence-corrected chi connectivity index (χ0v) is 10.8. The Kier molecular flexibility index (Phi) is 3.38. The fourth-order valence-electron chi connectivity index (χ4n) is 2.81. The summed E-state index contributed by atoms with van der Waals surface area (Å²) in [7, 11) is 0. The normalized spacial score (nSPS) is 28.6. The van der Waals surface area contributed by atoms with E-state index in [0.29, 0.717) is 5.78 Å². The van der Waals surface area contributed by atoms with Crippen LogP contribution in [0.3, 0.4) is 0 Å². The highest BCUT2D eigenvalue weighted by atomic mass is 35.5. The molecule has 1 N–H and O–H groups in total. The third-order valence-electron chi connectivity index (χ3n) is 3.70. The van der Waals surface area contributed by atoms with Gasteiger partial charge in [-0.1, -0.05) is 0 Å². The average molecular weight is 258 g/mol. The summed E-state index contributed by atoms with van der Waals surface area (Å²) in [6.07, 6.45) is 5.51. The van der Waals surface area contributed by atoms with E-state index in [-0.39, 0.29) is 17.9 Å². The Morgan fingerprint density at radius 1 is 1.31 bits per heavy atom. The number of carbonyl (C=O) groups excluding carboxylic acids is 1. The molecule has 1 fully saturated rings. The van der Waals surface area contributed by atoms with Crippen molar-refractivity contribution in [1.29, 1.82) is 0 Å². The van der Waals surface area contributed by atoms with E-state index in [2.05, 4.69) is 5.32 Å². The van der Waals surface area contributed by atoms with E-state index in [4.69, 9.17) is 0 Å². The van der Waals surface area contributed by atoms with E-state index in [0.717, 1.165) is 31.4 Å². The van der Waals surface area contributed by atoms with Crippen LogP contribution >= 0.6 is 23.7 Å². The highest BCUT2D eigenvalue weighted by molar-refractivity contribution is 7.10. The molecule has 1 aromatic heterocycles. The number of hydrogen-bond donors (Lipinski definition) is 1. The van der Waals surface area contributed by atoms with Crippen molar-refractivity contribution in [3.8, 4) is 0 Å². The molecule has 1 saturated heterocycles. The Hall–Kier alpha value is -0.380. The first kappa shape index (κ1) is 12.1. The van der Waals surface area contributed by atoms with Crippen molar-refractivity contribution in [2.24, 2.45) is 0 Å². The van der Waals surface area contributed by atoms with Gasteiger partial charge in [-0.15, -0.1) is 23.7 Å². The van der Waals surface area contributed by atoms with Crippen molar-refractivity contribution in [3.05, 3.63) is 21.9 Å². The molecule has 1 unspecified atom stereocenters. The average Bonchev–Trinajstić information content (AvgIpc) is 2.74. The number of piperidine rings is 1. The van der Waals surface area contributed by atoms with Crippen LogP contribution in [0.1, 0.15) is 40.9 Å². The second kappa shape index (κ2) is 4.47. The van der Waals surface area contributed by atoms with Crippen molar-refractivity contribution in [2.45, 2.75) is 37.6 Å². The number of Topliss-reactive ketones (excluding diaryl/α,β-unsaturated/α-hetero) is 1. The van der Waals surface area contributed by atoms with E-state index < -0.39 is 0 Å². The van der Waals surface area contributed by atoms with E-state index in [1.165, 1.54) is 17.7 Å². The van der Waals surface area contributed by atoms with Crippen LogP contribution in [0.15, 0.2) is 11.4 Å². The molecule has 1 aliphatic carbocycles. The summed E-state index contributed by atoms with van der Waals surface area (Å²) in [4.78, 5) is 13.7. The van der Waals surface area contributed by atoms with Crippen LogP contribution in [0, 0.1) is 0 Å². The van der Waals surface area contributed by atoms with Gasteiger partial charge in [0.25, 0.3) is 0 Å². The maximum absolute atomic E-state index is 12.4. The van der Waals surface area contributed by atoms with Crippen molar-refractivity contribution in [2.75, 3.05) is 6.54 Å². The van der Waals surface area contributed by atoms with Gasteiger partial charge in [0.2, 0.25) is 0 Å². The minimum absolute atomic E-state index is 0. The highest BCUT2D eigenvalue weighted by Crippen LogP contribution is 2.36. The van der Waals surface area contributed by atoms with E-state index in [1.54, 1.807) is 11.3 Å². The number of fused-ring (bicyclic) bond motifs is 1. The van der Waals surface area contributed by atoms with Gasteiger partial charge in [-0.2, -0.15) is 0 Å². The Bertz CT molecular complexity index is 395. The highest BCUT2D eigenvalue weighted by Gasteiger charge is 2.43. The first-order valence-corrected chi connectivity index (χ1v) is 6.56. The predicted molar refractivity (Wildman–Crippen MR) is 68.8 cm³/mol. The van der Waals surface area contributed by atoms with Gasteiger partial charge in [0.05, 0.1) is 5.54 Å². The van der Waals surface area contributed by atoms with Gasteiger partial charge in [0.15, 0.2) is 5.78 Å². The maximum Gasteiger partial charge on any atom is 0.183 e. The third kappa shape index (κ3) is 1.71. The van der Waals surface area contributed by atoms with Crippen LogP contribution in [0.5, 0.6) is 0 Å². The molecule has 0 radical (unpaired) electrons. The fraction of sp³-hybridized carbons (Fsp3) is 0.583. The Morgan fingerprint density at radius 3 is 2.94 bits per heavy atom. The Labute approximate surface area is 106 Å². The minimum Gasteiger partial charge on any atom is -0.305 e. The summed E-state index contributed by atoms with van der Waals surface area (Å²) in [6.45, 7) is 1.01. The molecule has 3 rings (SSSR count). The van der Waals surface area contributed by atoms with E-state index >= 15 is 0 Å². The lowest BCUT2D eigenvalue weighted by Gasteiger charge is -2.39. The van der Waals surface area contributed by atoms with Crippen LogP contribution in [-0.2, 0) is 6.42 Å². The van der Waals surface area contributed by atoms with Gasteiger partial charge < -0.3 is 5.32 Å². The molecule has 0 aromatic carbocycles. The molecule has 0 saturated carbocycles. The summed E-state index contributed by atoms with van der Waals surface area (Å²) in [5.74, 6) is 0.352. The maximum atomic E-state index is 12.4. The minimum atomic E-state index is -0.202. The molecule has 0 bridgehead atoms. The largest absolute Gasteiger partial charge is 0.305 e. The Morgan fingerprint density at radius 2 is 2.19 bits per heavy atom. The molecule has 0 amide bonds. The van der Waals surface area contributed by atoms with Gasteiger partial charge in [-0.3, -0.25) is 4.79 Å². The first-order valence-electron chi connectivity index (χ1n) is 5.68. The van der Waals surface area contributed by atoms with Gasteiger partial charge in [-0.05, 0) is 50.1 Å². The number of halogens is 1. The molecule has 1 aromatic rings. The molecule has 2 heterocycles. The van der Waals surface area contributed by atoms with Crippen molar-refractivity contribution < 1.29 is 4.79 Å². The molecule has 16 heavy (non-hydrogen) atoms. The number of ketones is 1. The number of carbonyl (C=O) groups is 1. The number of nitrogens with one attached hydrogen (secondary N) is 1. The molecule has 1 spiro atoms. The first-order chi connectivity index (χ1) is 7.32. The van der Waals surface area contributed by atoms with Gasteiger partial charge in [0, 0.05) is 10.4 Å². The molecule has 2 aliphatic rings.